The number of aromatic nitrogens is 2. The van der Waals surface area contributed by atoms with E-state index in [1.165, 1.54) is 4.57 Å². The second kappa shape index (κ2) is 10.9. The summed E-state index contributed by atoms with van der Waals surface area (Å²) in [5.74, 6) is -0.591. The molecule has 2 fully saturated rings. The number of carbonyl (C=O) groups is 4. The lowest BCUT2D eigenvalue weighted by Crippen LogP contribution is -2.45. The number of rotatable bonds is 5. The molecule has 2 aliphatic rings. The number of alkyl carbamates (subject to hydrolysis) is 1. The van der Waals surface area contributed by atoms with Crippen LogP contribution < -0.4 is 21.5 Å². The van der Waals surface area contributed by atoms with Gasteiger partial charge in [-0.2, -0.15) is 0 Å². The number of aryl methyl sites for hydroxylation is 1. The van der Waals surface area contributed by atoms with E-state index in [0.29, 0.717) is 36.4 Å². The van der Waals surface area contributed by atoms with Gasteiger partial charge in [-0.3, -0.25) is 29.1 Å². The third kappa shape index (κ3) is 6.20. The molecule has 0 spiro atoms. The van der Waals surface area contributed by atoms with Crippen LogP contribution in [0.15, 0.2) is 23.0 Å². The molecule has 2 heterocycles. The predicted molar refractivity (Wildman–Crippen MR) is 140 cm³/mol. The summed E-state index contributed by atoms with van der Waals surface area (Å²) in [5, 5.41) is 8.33. The third-order valence-electron chi connectivity index (χ3n) is 7.04. The molecule has 4 amide bonds. The molecule has 1 atom stereocenters. The first kappa shape index (κ1) is 27.3. The van der Waals surface area contributed by atoms with Crippen LogP contribution in [0.5, 0.6) is 0 Å². The summed E-state index contributed by atoms with van der Waals surface area (Å²) < 4.78 is 6.60. The number of imide groups is 1. The Morgan fingerprint density at radius 2 is 1.82 bits per heavy atom. The molecular weight excluding hydrogens is 490 g/mol. The first-order valence-corrected chi connectivity index (χ1v) is 13.1. The van der Waals surface area contributed by atoms with Crippen molar-refractivity contribution in [3.8, 4) is 0 Å². The Kier molecular flexibility index (Phi) is 7.84. The normalized spacial score (nSPS) is 22.1. The molecule has 1 saturated heterocycles. The number of anilines is 1. The van der Waals surface area contributed by atoms with Crippen LogP contribution in [-0.4, -0.2) is 45.5 Å². The van der Waals surface area contributed by atoms with Gasteiger partial charge < -0.3 is 15.4 Å². The fraction of sp³-hybridized carbons (Fsp3) is 0.556. The number of benzene rings is 1. The fourth-order valence-corrected chi connectivity index (χ4v) is 5.13. The average molecular weight is 526 g/mol. The van der Waals surface area contributed by atoms with Gasteiger partial charge in [-0.25, -0.2) is 9.78 Å². The van der Waals surface area contributed by atoms with Crippen molar-refractivity contribution in [1.29, 1.82) is 0 Å². The van der Waals surface area contributed by atoms with Crippen molar-refractivity contribution in [2.45, 2.75) is 77.9 Å². The highest BCUT2D eigenvalue weighted by Gasteiger charge is 2.31. The largest absolute Gasteiger partial charge is 0.444 e. The van der Waals surface area contributed by atoms with Gasteiger partial charge in [-0.15, -0.1) is 0 Å². The van der Waals surface area contributed by atoms with Crippen molar-refractivity contribution in [3.05, 3.63) is 34.4 Å². The first-order chi connectivity index (χ1) is 17.9. The minimum atomic E-state index is -0.810. The molecule has 11 nitrogen and oxygen atoms in total. The van der Waals surface area contributed by atoms with Gasteiger partial charge in [0.1, 0.15) is 23.0 Å². The smallest absolute Gasteiger partial charge is 0.407 e. The molecule has 1 aliphatic heterocycles. The molecule has 1 aliphatic carbocycles. The molecule has 204 valence electrons. The second-order valence-electron chi connectivity index (χ2n) is 11.1. The predicted octanol–water partition coefficient (Wildman–Crippen LogP) is 2.95. The van der Waals surface area contributed by atoms with E-state index in [2.05, 4.69) is 20.9 Å². The quantitative estimate of drug-likeness (QED) is 0.508. The summed E-state index contributed by atoms with van der Waals surface area (Å²) in [6.07, 6.45) is 2.92. The van der Waals surface area contributed by atoms with Gasteiger partial charge in [0, 0.05) is 18.9 Å². The number of hydrogen-bond acceptors (Lipinski definition) is 7. The minimum Gasteiger partial charge on any atom is -0.444 e. The number of ether oxygens (including phenoxy) is 1. The van der Waals surface area contributed by atoms with Crippen molar-refractivity contribution >= 4 is 40.4 Å². The first-order valence-electron chi connectivity index (χ1n) is 13.1. The van der Waals surface area contributed by atoms with E-state index in [4.69, 9.17) is 4.74 Å². The van der Waals surface area contributed by atoms with Gasteiger partial charge in [-0.1, -0.05) is 6.07 Å². The summed E-state index contributed by atoms with van der Waals surface area (Å²) >= 11 is 0. The van der Waals surface area contributed by atoms with Crippen molar-refractivity contribution in [3.63, 3.8) is 0 Å². The fourth-order valence-electron chi connectivity index (χ4n) is 5.13. The molecule has 3 N–H and O–H groups in total. The van der Waals surface area contributed by atoms with Crippen LogP contribution in [-0.2, 0) is 19.1 Å². The summed E-state index contributed by atoms with van der Waals surface area (Å²) in [6, 6.07) is 4.18. The monoisotopic (exact) mass is 525 g/mol. The Labute approximate surface area is 220 Å². The van der Waals surface area contributed by atoms with Crippen LogP contribution >= 0.6 is 0 Å². The summed E-state index contributed by atoms with van der Waals surface area (Å²) in [4.78, 5) is 66.8. The number of piperidine rings is 1. The highest BCUT2D eigenvalue weighted by atomic mass is 16.6. The number of fused-ring (bicyclic) bond motifs is 1. The third-order valence-corrected chi connectivity index (χ3v) is 7.04. The Morgan fingerprint density at radius 3 is 2.47 bits per heavy atom. The van der Waals surface area contributed by atoms with Crippen LogP contribution in [0.25, 0.3) is 10.9 Å². The lowest BCUT2D eigenvalue weighted by Gasteiger charge is -2.28. The van der Waals surface area contributed by atoms with Gasteiger partial charge in [0.15, 0.2) is 0 Å². The molecule has 1 saturated carbocycles. The topological polar surface area (TPSA) is 148 Å². The summed E-state index contributed by atoms with van der Waals surface area (Å²) in [5.41, 5.74) is -0.137. The molecular formula is C27H35N5O6. The Bertz CT molecular complexity index is 1320. The number of nitrogens with one attached hydrogen (secondary N) is 3. The number of carbonyl (C=O) groups excluding carboxylic acids is 4. The van der Waals surface area contributed by atoms with E-state index in [0.717, 1.165) is 12.8 Å². The van der Waals surface area contributed by atoms with Crippen molar-refractivity contribution in [1.82, 2.24) is 20.2 Å². The molecule has 0 bridgehead atoms. The molecule has 0 radical (unpaired) electrons. The molecule has 1 aromatic carbocycles. The van der Waals surface area contributed by atoms with Crippen LogP contribution in [0.2, 0.25) is 0 Å². The van der Waals surface area contributed by atoms with Crippen LogP contribution in [0.3, 0.4) is 0 Å². The van der Waals surface area contributed by atoms with Gasteiger partial charge in [-0.05, 0) is 77.8 Å². The number of para-hydroxylation sites is 1. The maximum atomic E-state index is 13.3. The number of amides is 4. The number of nitrogens with zero attached hydrogens (tertiary/aromatic N) is 2. The second-order valence-corrected chi connectivity index (χ2v) is 11.1. The lowest BCUT2D eigenvalue weighted by atomic mass is 9.81. The van der Waals surface area contributed by atoms with Crippen molar-refractivity contribution in [2.24, 2.45) is 11.8 Å². The van der Waals surface area contributed by atoms with Gasteiger partial charge in [0.05, 0.1) is 11.1 Å². The van der Waals surface area contributed by atoms with Gasteiger partial charge in [0.25, 0.3) is 5.56 Å². The zero-order chi connectivity index (χ0) is 27.6. The van der Waals surface area contributed by atoms with E-state index in [1.807, 2.05) is 20.8 Å². The minimum absolute atomic E-state index is 0.134. The highest BCUT2D eigenvalue weighted by molar-refractivity contribution is 6.01. The van der Waals surface area contributed by atoms with E-state index in [9.17, 15) is 24.0 Å². The van der Waals surface area contributed by atoms with Crippen LogP contribution in [0, 0.1) is 18.8 Å². The Hall–Kier alpha value is -3.76. The maximum absolute atomic E-state index is 13.3. The molecule has 2 aromatic rings. The van der Waals surface area contributed by atoms with Crippen LogP contribution in [0.4, 0.5) is 10.5 Å². The maximum Gasteiger partial charge on any atom is 0.407 e. The SMILES string of the molecule is Cc1nc2c(NC(=O)C3CCC(CNC(=O)OC(C)(C)C)CC3)cccc2c(=O)n1C1CCC(=O)NC1=O. The van der Waals surface area contributed by atoms with E-state index in [-0.39, 0.29) is 41.9 Å². The summed E-state index contributed by atoms with van der Waals surface area (Å²) in [7, 11) is 0. The molecule has 1 unspecified atom stereocenters. The van der Waals surface area contributed by atoms with E-state index < -0.39 is 29.2 Å². The Morgan fingerprint density at radius 1 is 1.11 bits per heavy atom. The van der Waals surface area contributed by atoms with E-state index in [1.54, 1.807) is 25.1 Å². The molecule has 1 aromatic heterocycles. The van der Waals surface area contributed by atoms with Crippen LogP contribution in [0.1, 0.15) is 71.2 Å². The zero-order valence-corrected chi connectivity index (χ0v) is 22.3. The molecule has 38 heavy (non-hydrogen) atoms. The van der Waals surface area contributed by atoms with E-state index >= 15 is 0 Å². The summed E-state index contributed by atoms with van der Waals surface area (Å²) in [6.45, 7) is 7.59. The number of hydrogen-bond donors (Lipinski definition) is 3. The zero-order valence-electron chi connectivity index (χ0n) is 22.3. The standard InChI is InChI=1S/C27H35N5O6/c1-15-29-22-18(25(36)32(15)20-12-13-21(33)31-24(20)35)6-5-7-19(22)30-23(34)17-10-8-16(9-11-17)14-28-26(37)38-27(2,3)4/h5-7,16-17,20H,8-14H2,1-4H3,(H,28,37)(H,30,34)(H,31,33,35). The highest BCUT2D eigenvalue weighted by Crippen LogP contribution is 2.30. The van der Waals surface area contributed by atoms with Crippen molar-refractivity contribution < 1.29 is 23.9 Å². The Balaban J connectivity index is 1.42. The lowest BCUT2D eigenvalue weighted by molar-refractivity contribution is -0.135. The molecule has 4 rings (SSSR count). The average Bonchev–Trinajstić information content (AvgIpc) is 2.84. The molecule has 11 heteroatoms. The van der Waals surface area contributed by atoms with Gasteiger partial charge in [0.2, 0.25) is 17.7 Å². The van der Waals surface area contributed by atoms with Gasteiger partial charge >= 0.3 is 6.09 Å². The van der Waals surface area contributed by atoms with Crippen molar-refractivity contribution in [2.75, 3.05) is 11.9 Å².